The summed E-state index contributed by atoms with van der Waals surface area (Å²) in [4.78, 5) is 0. The van der Waals surface area contributed by atoms with Crippen LogP contribution in [0.4, 0.5) is 5.69 Å². The number of aryl methyl sites for hydroxylation is 3. The molecule has 2 aromatic carbocycles. The van der Waals surface area contributed by atoms with E-state index in [1.807, 2.05) is 51.2 Å². The maximum atomic E-state index is 5.98. The second kappa shape index (κ2) is 4.52. The van der Waals surface area contributed by atoms with Crippen LogP contribution in [0.2, 0.25) is 0 Å². The molecule has 1 heterocycles. The SMILES string of the molecule is Cc1cc(N)ccc1Oc1cc2nnn(C)c2cc1C. The van der Waals surface area contributed by atoms with Gasteiger partial charge in [-0.15, -0.1) is 5.10 Å². The number of hydrogen-bond acceptors (Lipinski definition) is 4. The fourth-order valence-corrected chi connectivity index (χ4v) is 2.18. The Morgan fingerprint density at radius 2 is 1.80 bits per heavy atom. The number of nitrogens with zero attached hydrogens (tertiary/aromatic N) is 3. The smallest absolute Gasteiger partial charge is 0.132 e. The molecule has 1 aromatic heterocycles. The molecule has 5 heteroatoms. The van der Waals surface area contributed by atoms with Crippen molar-refractivity contribution in [2.24, 2.45) is 7.05 Å². The lowest BCUT2D eigenvalue weighted by atomic mass is 10.1. The standard InChI is InChI=1S/C15H16N4O/c1-9-6-11(16)4-5-14(9)20-15-8-12-13(7-10(15)2)19(3)18-17-12/h4-8H,16H2,1-3H3. The predicted octanol–water partition coefficient (Wildman–Crippen LogP) is 2.96. The van der Waals surface area contributed by atoms with Gasteiger partial charge in [-0.2, -0.15) is 0 Å². The van der Waals surface area contributed by atoms with Crippen molar-refractivity contribution in [2.75, 3.05) is 5.73 Å². The average molecular weight is 268 g/mol. The molecule has 0 aliphatic rings. The van der Waals surface area contributed by atoms with Crippen LogP contribution in [-0.2, 0) is 7.05 Å². The van der Waals surface area contributed by atoms with Gasteiger partial charge < -0.3 is 10.5 Å². The van der Waals surface area contributed by atoms with Gasteiger partial charge in [0.2, 0.25) is 0 Å². The van der Waals surface area contributed by atoms with Gasteiger partial charge in [0, 0.05) is 18.8 Å². The Labute approximate surface area is 117 Å². The van der Waals surface area contributed by atoms with Crippen LogP contribution >= 0.6 is 0 Å². The van der Waals surface area contributed by atoms with Gasteiger partial charge in [0.1, 0.15) is 17.0 Å². The Bertz CT molecular complexity index is 792. The van der Waals surface area contributed by atoms with Crippen LogP contribution < -0.4 is 10.5 Å². The molecule has 0 saturated carbocycles. The normalized spacial score (nSPS) is 10.9. The molecule has 0 fully saturated rings. The molecule has 0 aliphatic heterocycles. The average Bonchev–Trinajstić information content (AvgIpc) is 2.74. The Kier molecular flexibility index (Phi) is 2.82. The molecule has 20 heavy (non-hydrogen) atoms. The summed E-state index contributed by atoms with van der Waals surface area (Å²) in [6.45, 7) is 3.98. The Morgan fingerprint density at radius 1 is 1.05 bits per heavy atom. The minimum Gasteiger partial charge on any atom is -0.457 e. The molecule has 0 spiro atoms. The van der Waals surface area contributed by atoms with E-state index in [0.717, 1.165) is 39.3 Å². The summed E-state index contributed by atoms with van der Waals surface area (Å²) in [6.07, 6.45) is 0. The molecular formula is C15H16N4O. The highest BCUT2D eigenvalue weighted by Gasteiger charge is 2.09. The first-order valence-corrected chi connectivity index (χ1v) is 6.38. The minimum absolute atomic E-state index is 0.732. The lowest BCUT2D eigenvalue weighted by molar-refractivity contribution is 0.476. The molecular weight excluding hydrogens is 252 g/mol. The van der Waals surface area contributed by atoms with Crippen molar-refractivity contribution in [3.8, 4) is 11.5 Å². The van der Waals surface area contributed by atoms with Crippen molar-refractivity contribution in [2.45, 2.75) is 13.8 Å². The summed E-state index contributed by atoms with van der Waals surface area (Å²) in [5.41, 5.74) is 10.3. The van der Waals surface area contributed by atoms with E-state index in [0.29, 0.717) is 0 Å². The summed E-state index contributed by atoms with van der Waals surface area (Å²) in [6, 6.07) is 9.54. The van der Waals surface area contributed by atoms with Gasteiger partial charge in [-0.1, -0.05) is 5.21 Å². The van der Waals surface area contributed by atoms with Crippen LogP contribution in [0, 0.1) is 13.8 Å². The van der Waals surface area contributed by atoms with E-state index < -0.39 is 0 Å². The highest BCUT2D eigenvalue weighted by molar-refractivity contribution is 5.77. The summed E-state index contributed by atoms with van der Waals surface area (Å²) in [5.74, 6) is 1.58. The molecule has 0 atom stereocenters. The molecule has 0 saturated heterocycles. The van der Waals surface area contributed by atoms with Crippen molar-refractivity contribution in [1.29, 1.82) is 0 Å². The van der Waals surface area contributed by atoms with E-state index in [9.17, 15) is 0 Å². The topological polar surface area (TPSA) is 66.0 Å². The predicted molar refractivity (Wildman–Crippen MR) is 78.9 cm³/mol. The van der Waals surface area contributed by atoms with Gasteiger partial charge in [-0.25, -0.2) is 4.68 Å². The molecule has 0 amide bonds. The number of nitrogens with two attached hydrogens (primary N) is 1. The first kappa shape index (κ1) is 12.5. The van der Waals surface area contributed by atoms with E-state index in [1.165, 1.54) is 0 Å². The van der Waals surface area contributed by atoms with Crippen LogP contribution in [0.3, 0.4) is 0 Å². The van der Waals surface area contributed by atoms with E-state index in [2.05, 4.69) is 10.3 Å². The lowest BCUT2D eigenvalue weighted by Crippen LogP contribution is -1.93. The molecule has 5 nitrogen and oxygen atoms in total. The fraction of sp³-hybridized carbons (Fsp3) is 0.200. The number of hydrogen-bond donors (Lipinski definition) is 1. The second-order valence-electron chi connectivity index (χ2n) is 4.95. The van der Waals surface area contributed by atoms with Gasteiger partial charge in [-0.05, 0) is 49.2 Å². The highest BCUT2D eigenvalue weighted by atomic mass is 16.5. The number of fused-ring (bicyclic) bond motifs is 1. The molecule has 0 bridgehead atoms. The van der Waals surface area contributed by atoms with Gasteiger partial charge in [0.15, 0.2) is 0 Å². The van der Waals surface area contributed by atoms with Crippen LogP contribution in [0.1, 0.15) is 11.1 Å². The number of aromatic nitrogens is 3. The van der Waals surface area contributed by atoms with Crippen LogP contribution in [0.15, 0.2) is 30.3 Å². The number of rotatable bonds is 2. The third-order valence-corrected chi connectivity index (χ3v) is 3.33. The van der Waals surface area contributed by atoms with Gasteiger partial charge in [0.05, 0.1) is 5.52 Å². The van der Waals surface area contributed by atoms with E-state index in [1.54, 1.807) is 4.68 Å². The van der Waals surface area contributed by atoms with Crippen LogP contribution in [0.5, 0.6) is 11.5 Å². The van der Waals surface area contributed by atoms with E-state index >= 15 is 0 Å². The van der Waals surface area contributed by atoms with Crippen molar-refractivity contribution in [3.63, 3.8) is 0 Å². The highest BCUT2D eigenvalue weighted by Crippen LogP contribution is 2.31. The quantitative estimate of drug-likeness (QED) is 0.726. The zero-order chi connectivity index (χ0) is 14.3. The number of ether oxygens (including phenoxy) is 1. The minimum atomic E-state index is 0.732. The van der Waals surface area contributed by atoms with Crippen molar-refractivity contribution in [3.05, 3.63) is 41.5 Å². The maximum absolute atomic E-state index is 5.98. The number of anilines is 1. The Hall–Kier alpha value is -2.56. The summed E-state index contributed by atoms with van der Waals surface area (Å²) < 4.78 is 7.73. The molecule has 0 radical (unpaired) electrons. The second-order valence-corrected chi connectivity index (χ2v) is 4.95. The van der Waals surface area contributed by atoms with E-state index in [4.69, 9.17) is 10.5 Å². The Balaban J connectivity index is 2.03. The fourth-order valence-electron chi connectivity index (χ4n) is 2.18. The van der Waals surface area contributed by atoms with Crippen LogP contribution in [0.25, 0.3) is 11.0 Å². The van der Waals surface area contributed by atoms with Crippen molar-refractivity contribution < 1.29 is 4.74 Å². The molecule has 0 unspecified atom stereocenters. The number of nitrogen functional groups attached to an aromatic ring is 1. The lowest BCUT2D eigenvalue weighted by Gasteiger charge is -2.11. The molecule has 102 valence electrons. The van der Waals surface area contributed by atoms with Gasteiger partial charge >= 0.3 is 0 Å². The summed E-state index contributed by atoms with van der Waals surface area (Å²) in [5, 5.41) is 8.12. The maximum Gasteiger partial charge on any atom is 0.132 e. The molecule has 3 aromatic rings. The van der Waals surface area contributed by atoms with Crippen LogP contribution in [-0.4, -0.2) is 15.0 Å². The summed E-state index contributed by atoms with van der Waals surface area (Å²) >= 11 is 0. The third kappa shape index (κ3) is 2.07. The first-order valence-electron chi connectivity index (χ1n) is 6.38. The summed E-state index contributed by atoms with van der Waals surface area (Å²) in [7, 11) is 1.87. The van der Waals surface area contributed by atoms with Crippen molar-refractivity contribution in [1.82, 2.24) is 15.0 Å². The van der Waals surface area contributed by atoms with Crippen molar-refractivity contribution >= 4 is 16.7 Å². The van der Waals surface area contributed by atoms with Gasteiger partial charge in [-0.3, -0.25) is 0 Å². The molecule has 0 aliphatic carbocycles. The molecule has 2 N–H and O–H groups in total. The zero-order valence-electron chi connectivity index (χ0n) is 11.7. The Morgan fingerprint density at radius 3 is 2.55 bits per heavy atom. The van der Waals surface area contributed by atoms with Gasteiger partial charge in [0.25, 0.3) is 0 Å². The monoisotopic (exact) mass is 268 g/mol. The first-order chi connectivity index (χ1) is 9.54. The molecule has 3 rings (SSSR count). The number of benzene rings is 2. The third-order valence-electron chi connectivity index (χ3n) is 3.33. The zero-order valence-corrected chi connectivity index (χ0v) is 11.7. The van der Waals surface area contributed by atoms with E-state index in [-0.39, 0.29) is 0 Å². The largest absolute Gasteiger partial charge is 0.457 e.